The maximum atomic E-state index is 11.8. The molecule has 1 aromatic carbocycles. The number of anilines is 1. The number of rotatable bonds is 4. The molecule has 0 aliphatic carbocycles. The van der Waals surface area contributed by atoms with E-state index in [0.717, 1.165) is 5.56 Å². The zero-order valence-corrected chi connectivity index (χ0v) is 12.2. The minimum absolute atomic E-state index is 0.169. The van der Waals surface area contributed by atoms with Crippen LogP contribution in [0.15, 0.2) is 18.2 Å². The van der Waals surface area contributed by atoms with Crippen molar-refractivity contribution in [3.8, 4) is 0 Å². The van der Waals surface area contributed by atoms with E-state index in [2.05, 4.69) is 21.2 Å². The Hall–Kier alpha value is -1.36. The topological polar surface area (TPSA) is 55.4 Å². The van der Waals surface area contributed by atoms with Crippen LogP contribution in [-0.2, 0) is 9.53 Å². The third kappa shape index (κ3) is 3.32. The van der Waals surface area contributed by atoms with Gasteiger partial charge >= 0.3 is 5.97 Å². The van der Waals surface area contributed by atoms with Gasteiger partial charge in [0.25, 0.3) is 0 Å². The molecule has 5 heteroatoms. The van der Waals surface area contributed by atoms with Gasteiger partial charge in [0.1, 0.15) is 0 Å². The number of benzene rings is 1. The molecular formula is C13H16BrNO3. The molecule has 0 saturated carbocycles. The average molecular weight is 314 g/mol. The first-order valence-corrected chi connectivity index (χ1v) is 6.55. The number of halogens is 1. The molecule has 4 nitrogen and oxygen atoms in total. The van der Waals surface area contributed by atoms with Crippen molar-refractivity contribution in [2.75, 3.05) is 12.4 Å². The highest BCUT2D eigenvalue weighted by Gasteiger charge is 2.18. The van der Waals surface area contributed by atoms with Gasteiger partial charge in [-0.2, -0.15) is 0 Å². The first-order valence-electron chi connectivity index (χ1n) is 5.64. The predicted octanol–water partition coefficient (Wildman–Crippen LogP) is 2.89. The van der Waals surface area contributed by atoms with E-state index in [9.17, 15) is 9.59 Å². The van der Waals surface area contributed by atoms with Crippen LogP contribution in [0, 0.1) is 6.92 Å². The Morgan fingerprint density at radius 1 is 1.44 bits per heavy atom. The van der Waals surface area contributed by atoms with E-state index in [-0.39, 0.29) is 10.7 Å². The van der Waals surface area contributed by atoms with Crippen molar-refractivity contribution in [2.45, 2.75) is 25.1 Å². The number of alkyl halides is 1. The van der Waals surface area contributed by atoms with Crippen LogP contribution in [0.5, 0.6) is 0 Å². The Bertz CT molecular complexity index is 460. The summed E-state index contributed by atoms with van der Waals surface area (Å²) in [7, 11) is 1.32. The summed E-state index contributed by atoms with van der Waals surface area (Å²) in [6.07, 6.45) is 0.672. The van der Waals surface area contributed by atoms with Crippen molar-refractivity contribution in [3.05, 3.63) is 29.3 Å². The highest BCUT2D eigenvalue weighted by molar-refractivity contribution is 9.10. The van der Waals surface area contributed by atoms with Gasteiger partial charge in [0, 0.05) is 0 Å². The summed E-state index contributed by atoms with van der Waals surface area (Å²) in [5.74, 6) is -0.631. The lowest BCUT2D eigenvalue weighted by molar-refractivity contribution is -0.115. The fraction of sp³-hybridized carbons (Fsp3) is 0.385. The number of carbonyl (C=O) groups is 2. The molecule has 1 aromatic rings. The molecule has 1 N–H and O–H groups in total. The maximum Gasteiger partial charge on any atom is 0.339 e. The third-order valence-electron chi connectivity index (χ3n) is 2.57. The van der Waals surface area contributed by atoms with Gasteiger partial charge < -0.3 is 10.1 Å². The molecule has 0 heterocycles. The SMILES string of the molecule is CCC(Br)C(=O)Nc1c(C)cccc1C(=O)OC. The van der Waals surface area contributed by atoms with Gasteiger partial charge in [0.2, 0.25) is 5.91 Å². The van der Waals surface area contributed by atoms with E-state index >= 15 is 0 Å². The summed E-state index contributed by atoms with van der Waals surface area (Å²) in [5, 5.41) is 2.76. The van der Waals surface area contributed by atoms with Crippen molar-refractivity contribution >= 4 is 33.5 Å². The molecule has 98 valence electrons. The van der Waals surface area contributed by atoms with Crippen molar-refractivity contribution in [1.29, 1.82) is 0 Å². The number of hydrogen-bond donors (Lipinski definition) is 1. The summed E-state index contributed by atoms with van der Waals surface area (Å²) in [5.41, 5.74) is 1.69. The van der Waals surface area contributed by atoms with Crippen LogP contribution >= 0.6 is 15.9 Å². The summed E-state index contributed by atoms with van der Waals surface area (Å²) < 4.78 is 4.70. The van der Waals surface area contributed by atoms with E-state index in [1.54, 1.807) is 12.1 Å². The average Bonchev–Trinajstić information content (AvgIpc) is 2.38. The highest BCUT2D eigenvalue weighted by atomic mass is 79.9. The van der Waals surface area contributed by atoms with Gasteiger partial charge in [0.15, 0.2) is 0 Å². The normalized spacial score (nSPS) is 11.8. The molecule has 0 aliphatic rings. The Morgan fingerprint density at radius 2 is 2.11 bits per heavy atom. The van der Waals surface area contributed by atoms with E-state index < -0.39 is 5.97 Å². The minimum atomic E-state index is -0.461. The number of methoxy groups -OCH3 is 1. The molecule has 0 bridgehead atoms. The van der Waals surface area contributed by atoms with Gasteiger partial charge in [-0.3, -0.25) is 4.79 Å². The summed E-state index contributed by atoms with van der Waals surface area (Å²) >= 11 is 3.27. The number of aryl methyl sites for hydroxylation is 1. The standard InChI is InChI=1S/C13H16BrNO3/c1-4-10(14)12(16)15-11-8(2)6-5-7-9(11)13(17)18-3/h5-7,10H,4H2,1-3H3,(H,15,16). The lowest BCUT2D eigenvalue weighted by Crippen LogP contribution is -2.24. The second-order valence-corrected chi connectivity index (χ2v) is 4.96. The quantitative estimate of drug-likeness (QED) is 0.687. The minimum Gasteiger partial charge on any atom is -0.465 e. The van der Waals surface area contributed by atoms with Gasteiger partial charge in [-0.25, -0.2) is 4.79 Å². The maximum absolute atomic E-state index is 11.8. The van der Waals surface area contributed by atoms with Crippen molar-refractivity contribution < 1.29 is 14.3 Å². The summed E-state index contributed by atoms with van der Waals surface area (Å²) in [6.45, 7) is 3.73. The Balaban J connectivity index is 3.07. The second-order valence-electron chi connectivity index (χ2n) is 3.85. The molecule has 1 atom stereocenters. The summed E-state index contributed by atoms with van der Waals surface area (Å²) in [6, 6.07) is 5.21. The lowest BCUT2D eigenvalue weighted by Gasteiger charge is -2.14. The van der Waals surface area contributed by atoms with Crippen LogP contribution in [0.1, 0.15) is 29.3 Å². The Morgan fingerprint density at radius 3 is 2.67 bits per heavy atom. The lowest BCUT2D eigenvalue weighted by atomic mass is 10.1. The van der Waals surface area contributed by atoms with Crippen LogP contribution in [-0.4, -0.2) is 23.8 Å². The zero-order valence-electron chi connectivity index (χ0n) is 10.6. The zero-order chi connectivity index (χ0) is 13.7. The van der Waals surface area contributed by atoms with Crippen molar-refractivity contribution in [1.82, 2.24) is 0 Å². The van der Waals surface area contributed by atoms with Crippen LogP contribution < -0.4 is 5.32 Å². The van der Waals surface area contributed by atoms with Crippen LogP contribution in [0.3, 0.4) is 0 Å². The van der Waals surface area contributed by atoms with Gasteiger partial charge in [-0.05, 0) is 25.0 Å². The third-order valence-corrected chi connectivity index (χ3v) is 3.63. The van der Waals surface area contributed by atoms with E-state index in [1.165, 1.54) is 7.11 Å². The van der Waals surface area contributed by atoms with Gasteiger partial charge in [-0.1, -0.05) is 35.0 Å². The molecule has 1 amide bonds. The highest BCUT2D eigenvalue weighted by Crippen LogP contribution is 2.22. The smallest absolute Gasteiger partial charge is 0.339 e. The molecule has 0 radical (unpaired) electrons. The number of para-hydroxylation sites is 1. The molecule has 0 fully saturated rings. The second kappa shape index (κ2) is 6.54. The van der Waals surface area contributed by atoms with E-state index in [4.69, 9.17) is 4.74 Å². The van der Waals surface area contributed by atoms with Crippen LogP contribution in [0.2, 0.25) is 0 Å². The van der Waals surface area contributed by atoms with Crippen molar-refractivity contribution in [3.63, 3.8) is 0 Å². The van der Waals surface area contributed by atoms with Crippen LogP contribution in [0.4, 0.5) is 5.69 Å². The molecule has 1 rings (SSSR count). The first kappa shape index (κ1) is 14.7. The molecule has 0 spiro atoms. The van der Waals surface area contributed by atoms with Crippen LogP contribution in [0.25, 0.3) is 0 Å². The molecule has 1 unspecified atom stereocenters. The van der Waals surface area contributed by atoms with E-state index in [0.29, 0.717) is 17.7 Å². The molecule has 18 heavy (non-hydrogen) atoms. The molecular weight excluding hydrogens is 298 g/mol. The number of ether oxygens (including phenoxy) is 1. The number of hydrogen-bond acceptors (Lipinski definition) is 3. The Labute approximate surface area is 115 Å². The number of amides is 1. The fourth-order valence-corrected chi connectivity index (χ4v) is 1.62. The fourth-order valence-electron chi connectivity index (χ4n) is 1.50. The van der Waals surface area contributed by atoms with Gasteiger partial charge in [-0.15, -0.1) is 0 Å². The van der Waals surface area contributed by atoms with E-state index in [1.807, 2.05) is 19.9 Å². The molecule has 0 saturated heterocycles. The molecule has 0 aromatic heterocycles. The first-order chi connectivity index (χ1) is 8.51. The van der Waals surface area contributed by atoms with Crippen molar-refractivity contribution in [2.24, 2.45) is 0 Å². The number of nitrogens with one attached hydrogen (secondary N) is 1. The number of esters is 1. The predicted molar refractivity (Wildman–Crippen MR) is 74.2 cm³/mol. The Kier molecular flexibility index (Phi) is 5.34. The number of carbonyl (C=O) groups excluding carboxylic acids is 2. The molecule has 0 aliphatic heterocycles. The summed E-state index contributed by atoms with van der Waals surface area (Å²) in [4.78, 5) is 23.2. The largest absolute Gasteiger partial charge is 0.465 e. The van der Waals surface area contributed by atoms with Gasteiger partial charge in [0.05, 0.1) is 23.2 Å². The monoisotopic (exact) mass is 313 g/mol.